The van der Waals surface area contributed by atoms with Gasteiger partial charge in [-0.2, -0.15) is 0 Å². The fourth-order valence-electron chi connectivity index (χ4n) is 1.88. The molecule has 0 aliphatic carbocycles. The summed E-state index contributed by atoms with van der Waals surface area (Å²) in [6.45, 7) is 1.52. The summed E-state index contributed by atoms with van der Waals surface area (Å²) in [5.74, 6) is 0.485. The minimum atomic E-state index is -2.96. The average molecular weight is 290 g/mol. The summed E-state index contributed by atoms with van der Waals surface area (Å²) in [5, 5.41) is 2.98. The Kier molecular flexibility index (Phi) is 4.37. The molecule has 2 unspecified atom stereocenters. The van der Waals surface area contributed by atoms with Crippen LogP contribution in [0.15, 0.2) is 5.38 Å². The van der Waals surface area contributed by atoms with Crippen LogP contribution in [0.1, 0.15) is 35.5 Å². The molecule has 102 valence electrons. The van der Waals surface area contributed by atoms with Gasteiger partial charge in [0, 0.05) is 30.2 Å². The van der Waals surface area contributed by atoms with Gasteiger partial charge in [-0.25, -0.2) is 13.4 Å². The smallest absolute Gasteiger partial charge is 0.147 e. The molecule has 0 spiro atoms. The van der Waals surface area contributed by atoms with E-state index in [-0.39, 0.29) is 11.8 Å². The minimum absolute atomic E-state index is 0.105. The highest BCUT2D eigenvalue weighted by molar-refractivity contribution is 7.90. The third-order valence-corrected chi connectivity index (χ3v) is 5.00. The Morgan fingerprint density at radius 2 is 2.44 bits per heavy atom. The van der Waals surface area contributed by atoms with Crippen molar-refractivity contribution in [1.82, 2.24) is 4.98 Å². The van der Waals surface area contributed by atoms with E-state index in [0.29, 0.717) is 12.3 Å². The first-order chi connectivity index (χ1) is 8.46. The maximum absolute atomic E-state index is 11.1. The summed E-state index contributed by atoms with van der Waals surface area (Å²) < 4.78 is 27.5. The number of sulfone groups is 1. The summed E-state index contributed by atoms with van der Waals surface area (Å²) >= 11 is 1.59. The highest BCUT2D eigenvalue weighted by Gasteiger charge is 2.22. The third kappa shape index (κ3) is 3.74. The topological polar surface area (TPSA) is 82.3 Å². The predicted molar refractivity (Wildman–Crippen MR) is 71.5 cm³/mol. The van der Waals surface area contributed by atoms with Crippen LogP contribution in [-0.2, 0) is 14.6 Å². The Balaban J connectivity index is 1.96. The van der Waals surface area contributed by atoms with Crippen LogP contribution in [-0.4, -0.2) is 38.6 Å². The van der Waals surface area contributed by atoms with Crippen molar-refractivity contribution in [1.29, 1.82) is 0 Å². The second kappa shape index (κ2) is 5.64. The van der Waals surface area contributed by atoms with Gasteiger partial charge in [0.25, 0.3) is 0 Å². The summed E-state index contributed by atoms with van der Waals surface area (Å²) in [6.07, 6.45) is 2.65. The highest BCUT2D eigenvalue weighted by atomic mass is 32.2. The van der Waals surface area contributed by atoms with Crippen LogP contribution in [0.5, 0.6) is 0 Å². The molecule has 1 aliphatic rings. The number of hydrogen-bond acceptors (Lipinski definition) is 6. The second-order valence-electron chi connectivity index (χ2n) is 4.70. The molecular formula is C11H18N2O3S2. The zero-order chi connectivity index (χ0) is 13.2. The maximum atomic E-state index is 11.1. The molecule has 2 rings (SSSR count). The molecule has 0 bridgehead atoms. The van der Waals surface area contributed by atoms with Crippen LogP contribution in [0, 0.1) is 0 Å². The zero-order valence-corrected chi connectivity index (χ0v) is 12.0. The quantitative estimate of drug-likeness (QED) is 0.877. The first kappa shape index (κ1) is 13.9. The van der Waals surface area contributed by atoms with E-state index in [1.807, 2.05) is 5.38 Å². The van der Waals surface area contributed by atoms with Crippen molar-refractivity contribution in [2.45, 2.75) is 24.8 Å². The van der Waals surface area contributed by atoms with Crippen LogP contribution in [0.2, 0.25) is 0 Å². The van der Waals surface area contributed by atoms with E-state index in [0.717, 1.165) is 30.3 Å². The maximum Gasteiger partial charge on any atom is 0.147 e. The van der Waals surface area contributed by atoms with Crippen molar-refractivity contribution >= 4 is 21.2 Å². The Morgan fingerprint density at radius 3 is 3.06 bits per heavy atom. The largest absolute Gasteiger partial charge is 0.381 e. The number of nitrogens with two attached hydrogens (primary N) is 1. The molecular weight excluding hydrogens is 272 g/mol. The second-order valence-corrected chi connectivity index (χ2v) is 7.85. The van der Waals surface area contributed by atoms with Crippen molar-refractivity contribution in [2.24, 2.45) is 5.73 Å². The third-order valence-electron chi connectivity index (χ3n) is 3.00. The van der Waals surface area contributed by atoms with E-state index < -0.39 is 9.84 Å². The first-order valence-electron chi connectivity index (χ1n) is 5.92. The molecule has 2 atom stereocenters. The number of rotatable bonds is 5. The molecule has 0 amide bonds. The van der Waals surface area contributed by atoms with E-state index in [4.69, 9.17) is 10.5 Å². The lowest BCUT2D eigenvalue weighted by Gasteiger charge is -2.07. The van der Waals surface area contributed by atoms with E-state index in [2.05, 4.69) is 4.98 Å². The van der Waals surface area contributed by atoms with Crippen molar-refractivity contribution in [3.05, 3.63) is 16.1 Å². The lowest BCUT2D eigenvalue weighted by molar-refractivity contribution is 0.194. The van der Waals surface area contributed by atoms with Crippen LogP contribution in [0.4, 0.5) is 0 Å². The number of thiazole rings is 1. The highest BCUT2D eigenvalue weighted by Crippen LogP contribution is 2.29. The van der Waals surface area contributed by atoms with Gasteiger partial charge in [-0.3, -0.25) is 0 Å². The van der Waals surface area contributed by atoms with Gasteiger partial charge in [-0.15, -0.1) is 11.3 Å². The minimum Gasteiger partial charge on any atom is -0.381 e. The van der Waals surface area contributed by atoms with Crippen molar-refractivity contribution in [3.63, 3.8) is 0 Å². The van der Waals surface area contributed by atoms with Gasteiger partial charge in [0.15, 0.2) is 0 Å². The molecule has 0 aromatic carbocycles. The van der Waals surface area contributed by atoms with Crippen molar-refractivity contribution in [3.8, 4) is 0 Å². The Hall–Kier alpha value is -0.500. The zero-order valence-electron chi connectivity index (χ0n) is 10.3. The average Bonchev–Trinajstić information content (AvgIpc) is 2.94. The number of aromatic nitrogens is 1. The van der Waals surface area contributed by atoms with E-state index in [1.165, 1.54) is 6.26 Å². The summed E-state index contributed by atoms with van der Waals surface area (Å²) in [5.41, 5.74) is 6.76. The van der Waals surface area contributed by atoms with Crippen molar-refractivity contribution < 1.29 is 13.2 Å². The molecule has 1 aliphatic heterocycles. The predicted octanol–water partition coefficient (Wildman–Crippen LogP) is 1.08. The molecule has 2 heterocycles. The molecule has 0 saturated carbocycles. The molecule has 5 nitrogen and oxygen atoms in total. The number of nitrogens with zero attached hydrogens (tertiary/aromatic N) is 1. The molecule has 1 saturated heterocycles. The lowest BCUT2D eigenvalue weighted by Crippen LogP contribution is -2.16. The normalized spacial score (nSPS) is 22.2. The van der Waals surface area contributed by atoms with E-state index in [1.54, 1.807) is 11.3 Å². The molecule has 7 heteroatoms. The first-order valence-corrected chi connectivity index (χ1v) is 8.86. The van der Waals surface area contributed by atoms with E-state index >= 15 is 0 Å². The van der Waals surface area contributed by atoms with Gasteiger partial charge in [-0.1, -0.05) is 0 Å². The molecule has 1 fully saturated rings. The molecule has 2 N–H and O–H groups in total. The molecule has 1 aromatic heterocycles. The van der Waals surface area contributed by atoms with Crippen LogP contribution in [0.25, 0.3) is 0 Å². The standard InChI is InChI=1S/C11H18N2O3S2/c1-18(14,15)5-3-9(12)10-7-17-11(13-10)8-2-4-16-6-8/h7-9H,2-6,12H2,1H3. The van der Waals surface area contributed by atoms with E-state index in [9.17, 15) is 8.42 Å². The fourth-order valence-corrected chi connectivity index (χ4v) is 3.56. The van der Waals surface area contributed by atoms with Crippen molar-refractivity contribution in [2.75, 3.05) is 25.2 Å². The fraction of sp³-hybridized carbons (Fsp3) is 0.727. The summed E-state index contributed by atoms with van der Waals surface area (Å²) in [4.78, 5) is 4.51. The lowest BCUT2D eigenvalue weighted by atomic mass is 10.1. The SMILES string of the molecule is CS(=O)(=O)CCC(N)c1csc(C2CCOC2)n1. The Labute approximate surface area is 111 Å². The Morgan fingerprint density at radius 1 is 1.67 bits per heavy atom. The number of ether oxygens (including phenoxy) is 1. The molecule has 18 heavy (non-hydrogen) atoms. The molecule has 0 radical (unpaired) electrons. The molecule has 1 aromatic rings. The van der Waals surface area contributed by atoms with Gasteiger partial charge in [0.2, 0.25) is 0 Å². The monoisotopic (exact) mass is 290 g/mol. The summed E-state index contributed by atoms with van der Waals surface area (Å²) in [6, 6.07) is -0.299. The van der Waals surface area contributed by atoms with Gasteiger partial charge in [-0.05, 0) is 12.8 Å². The summed E-state index contributed by atoms with van der Waals surface area (Å²) in [7, 11) is -2.96. The number of hydrogen-bond donors (Lipinski definition) is 1. The van der Waals surface area contributed by atoms with Gasteiger partial charge in [0.05, 0.1) is 23.1 Å². The van der Waals surface area contributed by atoms with Gasteiger partial charge in [0.1, 0.15) is 9.84 Å². The van der Waals surface area contributed by atoms with Crippen LogP contribution in [0.3, 0.4) is 0 Å². The van der Waals surface area contributed by atoms with Gasteiger partial charge < -0.3 is 10.5 Å². The van der Waals surface area contributed by atoms with Crippen LogP contribution >= 0.6 is 11.3 Å². The Bertz CT molecular complexity index is 492. The van der Waals surface area contributed by atoms with Crippen LogP contribution < -0.4 is 5.73 Å². The van der Waals surface area contributed by atoms with Gasteiger partial charge >= 0.3 is 0 Å².